The highest BCUT2D eigenvalue weighted by atomic mass is 16.3. The normalized spacial score (nSPS) is 11.1. The molecule has 4 nitrogen and oxygen atoms in total. The van der Waals surface area contributed by atoms with Gasteiger partial charge in [-0.1, -0.05) is 6.92 Å². The van der Waals surface area contributed by atoms with Gasteiger partial charge in [-0.2, -0.15) is 0 Å². The Morgan fingerprint density at radius 3 is 2.47 bits per heavy atom. The molecule has 0 heterocycles. The fourth-order valence-corrected chi connectivity index (χ4v) is 1.68. The highest BCUT2D eigenvalue weighted by molar-refractivity contribution is 6.00. The molecule has 0 amide bonds. The Kier molecular flexibility index (Phi) is 4.52. The quantitative estimate of drug-likeness (QED) is 0.769. The van der Waals surface area contributed by atoms with Crippen LogP contribution in [0.25, 0.3) is 0 Å². The summed E-state index contributed by atoms with van der Waals surface area (Å²) >= 11 is 0. The molecule has 0 aliphatic carbocycles. The van der Waals surface area contributed by atoms with Crippen molar-refractivity contribution in [2.24, 2.45) is 0 Å². The molecule has 1 aromatic rings. The highest BCUT2D eigenvalue weighted by Gasteiger charge is 2.16. The Bertz CT molecular complexity index is 402. The predicted octanol–water partition coefficient (Wildman–Crippen LogP) is 2.01. The summed E-state index contributed by atoms with van der Waals surface area (Å²) in [6, 6.07) is 4.31. The molecular weight excluding hydrogens is 218 g/mol. The Labute approximate surface area is 101 Å². The monoisotopic (exact) mass is 237 g/mol. The summed E-state index contributed by atoms with van der Waals surface area (Å²) in [7, 11) is 0. The second kappa shape index (κ2) is 5.68. The lowest BCUT2D eigenvalue weighted by Crippen LogP contribution is -2.35. The topological polar surface area (TPSA) is 60.8 Å². The largest absolute Gasteiger partial charge is 0.508 e. The molecule has 0 aromatic heterocycles. The van der Waals surface area contributed by atoms with Crippen molar-refractivity contribution < 1.29 is 15.0 Å². The number of nitrogens with zero attached hydrogens (tertiary/aromatic N) is 1. The van der Waals surface area contributed by atoms with Gasteiger partial charge in [0.05, 0.1) is 12.1 Å². The smallest absolute Gasteiger partial charge is 0.180 e. The van der Waals surface area contributed by atoms with E-state index in [4.69, 9.17) is 5.11 Å². The average molecular weight is 237 g/mol. The van der Waals surface area contributed by atoms with Gasteiger partial charge in [-0.3, -0.25) is 9.69 Å². The molecule has 1 aromatic carbocycles. The number of rotatable bonds is 5. The van der Waals surface area contributed by atoms with Crippen molar-refractivity contribution in [3.05, 3.63) is 23.8 Å². The van der Waals surface area contributed by atoms with Crippen LogP contribution in [0, 0.1) is 0 Å². The van der Waals surface area contributed by atoms with Crippen molar-refractivity contribution in [2.45, 2.75) is 26.8 Å². The van der Waals surface area contributed by atoms with E-state index in [1.54, 1.807) is 0 Å². The van der Waals surface area contributed by atoms with Crippen LogP contribution in [-0.4, -0.2) is 40.0 Å². The molecule has 0 saturated carbocycles. The third kappa shape index (κ3) is 3.46. The van der Waals surface area contributed by atoms with Gasteiger partial charge >= 0.3 is 0 Å². The maximum Gasteiger partial charge on any atom is 0.180 e. The standard InChI is InChI=1S/C13H19NO3/c1-4-14(9(2)3)8-13(17)11-6-5-10(15)7-12(11)16/h5-7,9,15-16H,4,8H2,1-3H3. The van der Waals surface area contributed by atoms with Crippen LogP contribution < -0.4 is 0 Å². The zero-order chi connectivity index (χ0) is 13.0. The van der Waals surface area contributed by atoms with Crippen molar-refractivity contribution in [1.29, 1.82) is 0 Å². The van der Waals surface area contributed by atoms with Gasteiger partial charge in [0.15, 0.2) is 5.78 Å². The maximum atomic E-state index is 12.0. The van der Waals surface area contributed by atoms with Gasteiger partial charge in [0.25, 0.3) is 0 Å². The highest BCUT2D eigenvalue weighted by Crippen LogP contribution is 2.23. The molecular formula is C13H19NO3. The molecule has 0 bridgehead atoms. The van der Waals surface area contributed by atoms with Gasteiger partial charge in [-0.15, -0.1) is 0 Å². The lowest BCUT2D eigenvalue weighted by atomic mass is 10.1. The van der Waals surface area contributed by atoms with E-state index >= 15 is 0 Å². The van der Waals surface area contributed by atoms with E-state index in [-0.39, 0.29) is 35.4 Å². The first-order valence-electron chi connectivity index (χ1n) is 5.75. The molecule has 1 rings (SSSR count). The molecule has 0 spiro atoms. The van der Waals surface area contributed by atoms with Crippen molar-refractivity contribution in [3.63, 3.8) is 0 Å². The zero-order valence-electron chi connectivity index (χ0n) is 10.5. The molecule has 2 N–H and O–H groups in total. The molecule has 0 radical (unpaired) electrons. The second-order valence-corrected chi connectivity index (χ2v) is 4.28. The SMILES string of the molecule is CCN(CC(=O)c1ccc(O)cc1O)C(C)C. The fraction of sp³-hybridized carbons (Fsp3) is 0.462. The molecule has 4 heteroatoms. The summed E-state index contributed by atoms with van der Waals surface area (Å²) in [5.41, 5.74) is 0.252. The molecule has 0 atom stereocenters. The average Bonchev–Trinajstić information content (AvgIpc) is 2.24. The Morgan fingerprint density at radius 2 is 2.00 bits per heavy atom. The minimum absolute atomic E-state index is 0.0461. The van der Waals surface area contributed by atoms with Crippen molar-refractivity contribution in [2.75, 3.05) is 13.1 Å². The summed E-state index contributed by atoms with van der Waals surface area (Å²) < 4.78 is 0. The van der Waals surface area contributed by atoms with Gasteiger partial charge in [0.2, 0.25) is 0 Å². The van der Waals surface area contributed by atoms with Crippen LogP contribution in [0.15, 0.2) is 18.2 Å². The van der Waals surface area contributed by atoms with Crippen molar-refractivity contribution in [3.8, 4) is 11.5 Å². The van der Waals surface area contributed by atoms with Crippen LogP contribution in [0.3, 0.4) is 0 Å². The van der Waals surface area contributed by atoms with Crippen molar-refractivity contribution in [1.82, 2.24) is 4.90 Å². The lowest BCUT2D eigenvalue weighted by molar-refractivity contribution is 0.0908. The van der Waals surface area contributed by atoms with Gasteiger partial charge in [0, 0.05) is 12.1 Å². The van der Waals surface area contributed by atoms with E-state index in [9.17, 15) is 9.90 Å². The predicted molar refractivity (Wildman–Crippen MR) is 66.5 cm³/mol. The Morgan fingerprint density at radius 1 is 1.35 bits per heavy atom. The number of carbonyl (C=O) groups excluding carboxylic acids is 1. The minimum Gasteiger partial charge on any atom is -0.508 e. The van der Waals surface area contributed by atoms with Gasteiger partial charge in [-0.05, 0) is 32.5 Å². The number of Topliss-reactive ketones (excluding diaryl/α,β-unsaturated/α-hetero) is 1. The molecule has 17 heavy (non-hydrogen) atoms. The van der Waals surface area contributed by atoms with Gasteiger partial charge in [0.1, 0.15) is 11.5 Å². The Hall–Kier alpha value is -1.55. The van der Waals surface area contributed by atoms with Crippen LogP contribution in [-0.2, 0) is 0 Å². The number of ketones is 1. The summed E-state index contributed by atoms with van der Waals surface area (Å²) in [5.74, 6) is -0.358. The molecule has 0 aliphatic rings. The molecule has 0 unspecified atom stereocenters. The lowest BCUT2D eigenvalue weighted by Gasteiger charge is -2.23. The fourth-order valence-electron chi connectivity index (χ4n) is 1.68. The van der Waals surface area contributed by atoms with E-state index < -0.39 is 0 Å². The molecule has 0 fully saturated rings. The maximum absolute atomic E-state index is 12.0. The first kappa shape index (κ1) is 13.5. The number of hydrogen-bond acceptors (Lipinski definition) is 4. The van der Waals surface area contributed by atoms with Gasteiger partial charge in [-0.25, -0.2) is 0 Å². The third-order valence-electron chi connectivity index (χ3n) is 2.76. The molecule has 0 aliphatic heterocycles. The number of phenolic OH excluding ortho intramolecular Hbond substituents is 2. The summed E-state index contributed by atoms with van der Waals surface area (Å²) in [4.78, 5) is 14.0. The minimum atomic E-state index is -0.171. The van der Waals surface area contributed by atoms with E-state index in [0.29, 0.717) is 0 Å². The van der Waals surface area contributed by atoms with E-state index in [1.165, 1.54) is 18.2 Å². The second-order valence-electron chi connectivity index (χ2n) is 4.28. The van der Waals surface area contributed by atoms with E-state index in [1.807, 2.05) is 25.7 Å². The first-order valence-corrected chi connectivity index (χ1v) is 5.75. The number of hydrogen-bond donors (Lipinski definition) is 2. The van der Waals surface area contributed by atoms with Crippen LogP contribution in [0.4, 0.5) is 0 Å². The van der Waals surface area contributed by atoms with Crippen LogP contribution >= 0.6 is 0 Å². The summed E-state index contributed by atoms with van der Waals surface area (Å²) in [5, 5.41) is 18.7. The first-order chi connectivity index (χ1) is 7.95. The number of benzene rings is 1. The third-order valence-corrected chi connectivity index (χ3v) is 2.76. The number of phenols is 2. The number of carbonyl (C=O) groups is 1. The van der Waals surface area contributed by atoms with Crippen molar-refractivity contribution >= 4 is 5.78 Å². The summed E-state index contributed by atoms with van der Waals surface area (Å²) in [6.07, 6.45) is 0. The molecule has 0 saturated heterocycles. The zero-order valence-corrected chi connectivity index (χ0v) is 10.5. The van der Waals surface area contributed by atoms with Crippen LogP contribution in [0.1, 0.15) is 31.1 Å². The van der Waals surface area contributed by atoms with Gasteiger partial charge < -0.3 is 10.2 Å². The van der Waals surface area contributed by atoms with E-state index in [0.717, 1.165) is 6.54 Å². The van der Waals surface area contributed by atoms with Crippen LogP contribution in [0.2, 0.25) is 0 Å². The number of likely N-dealkylation sites (N-methyl/N-ethyl adjacent to an activating group) is 1. The Balaban J connectivity index is 2.82. The van der Waals surface area contributed by atoms with E-state index in [2.05, 4.69) is 0 Å². The summed E-state index contributed by atoms with van der Waals surface area (Å²) in [6.45, 7) is 7.08. The number of aromatic hydroxyl groups is 2. The molecule has 94 valence electrons. The van der Waals surface area contributed by atoms with Crippen LogP contribution in [0.5, 0.6) is 11.5 Å².